The summed E-state index contributed by atoms with van der Waals surface area (Å²) in [6, 6.07) is 9.30. The van der Waals surface area contributed by atoms with Crippen LogP contribution in [0.3, 0.4) is 0 Å². The van der Waals surface area contributed by atoms with Crippen molar-refractivity contribution in [3.05, 3.63) is 58.3 Å². The van der Waals surface area contributed by atoms with Crippen LogP contribution in [0.5, 0.6) is 0 Å². The van der Waals surface area contributed by atoms with Gasteiger partial charge in [-0.1, -0.05) is 19.1 Å². The molecule has 1 aromatic carbocycles. The average Bonchev–Trinajstić information content (AvgIpc) is 2.92. The van der Waals surface area contributed by atoms with Gasteiger partial charge >= 0.3 is 0 Å². The van der Waals surface area contributed by atoms with Crippen LogP contribution >= 0.6 is 0 Å². The molecular formula is C23H28FN3O3. The number of aliphatic hydroxyl groups excluding tert-OH is 1. The monoisotopic (exact) mass is 413 g/mol. The summed E-state index contributed by atoms with van der Waals surface area (Å²) in [5.74, 6) is -1.07. The molecule has 1 fully saturated rings. The van der Waals surface area contributed by atoms with Crippen LogP contribution in [0.2, 0.25) is 0 Å². The van der Waals surface area contributed by atoms with E-state index in [1.165, 1.54) is 12.1 Å². The molecular weight excluding hydrogens is 385 g/mol. The molecule has 4 atom stereocenters. The van der Waals surface area contributed by atoms with Crippen LogP contribution in [0.25, 0.3) is 11.1 Å². The minimum Gasteiger partial charge on any atom is -0.396 e. The Morgan fingerprint density at radius 2 is 2.03 bits per heavy atom. The third-order valence-electron chi connectivity index (χ3n) is 6.51. The topological polar surface area (TPSA) is 65.8 Å². The van der Waals surface area contributed by atoms with E-state index in [0.717, 1.165) is 18.7 Å². The standard InChI is InChI=1S/C23H28FN3O3/c1-4-10-26-19-12-27-18(21(26)20(17(19)13-28)23(30)25(2)3)9-8-16(22(27)29)14-6-5-7-15(24)11-14/h5-9,11,17,19-21,28H,4,10,12-13H2,1-3H3/t17-,19-,20+,21+/m0/s1. The smallest absolute Gasteiger partial charge is 0.258 e. The lowest BCUT2D eigenvalue weighted by atomic mass is 9.86. The van der Waals surface area contributed by atoms with Crippen molar-refractivity contribution in [3.8, 4) is 11.1 Å². The second kappa shape index (κ2) is 7.96. The predicted octanol–water partition coefficient (Wildman–Crippen LogP) is 2.12. The number of rotatable bonds is 5. The van der Waals surface area contributed by atoms with Crippen LogP contribution in [0.4, 0.5) is 4.39 Å². The minimum absolute atomic E-state index is 0.0299. The molecule has 2 aromatic rings. The van der Waals surface area contributed by atoms with Gasteiger partial charge in [0.05, 0.1) is 12.0 Å². The van der Waals surface area contributed by atoms with E-state index in [1.54, 1.807) is 41.8 Å². The zero-order valence-electron chi connectivity index (χ0n) is 17.6. The van der Waals surface area contributed by atoms with Gasteiger partial charge in [-0.3, -0.25) is 14.5 Å². The summed E-state index contributed by atoms with van der Waals surface area (Å²) in [7, 11) is 3.45. The number of fused-ring (bicyclic) bond motifs is 4. The molecule has 1 aromatic heterocycles. The number of aliphatic hydroxyl groups is 1. The Balaban J connectivity index is 1.86. The molecule has 160 valence electrons. The van der Waals surface area contributed by atoms with E-state index in [2.05, 4.69) is 11.8 Å². The Morgan fingerprint density at radius 1 is 1.27 bits per heavy atom. The number of hydrogen-bond acceptors (Lipinski definition) is 4. The molecule has 0 unspecified atom stereocenters. The fourth-order valence-corrected chi connectivity index (χ4v) is 5.24. The van der Waals surface area contributed by atoms with Gasteiger partial charge in [-0.05, 0) is 42.8 Å². The molecule has 1 amide bonds. The normalized spacial score (nSPS) is 25.2. The summed E-state index contributed by atoms with van der Waals surface area (Å²) in [5, 5.41) is 10.2. The van der Waals surface area contributed by atoms with Gasteiger partial charge in [0, 0.05) is 50.5 Å². The molecule has 2 aliphatic heterocycles. The van der Waals surface area contributed by atoms with Crippen molar-refractivity contribution in [2.24, 2.45) is 11.8 Å². The van der Waals surface area contributed by atoms with Crippen LogP contribution in [-0.2, 0) is 11.3 Å². The maximum Gasteiger partial charge on any atom is 0.258 e. The van der Waals surface area contributed by atoms with Crippen molar-refractivity contribution in [1.82, 2.24) is 14.4 Å². The summed E-state index contributed by atoms with van der Waals surface area (Å²) < 4.78 is 15.5. The van der Waals surface area contributed by atoms with Crippen molar-refractivity contribution in [2.75, 3.05) is 27.2 Å². The Kier molecular flexibility index (Phi) is 5.51. The molecule has 0 spiro atoms. The molecule has 6 nitrogen and oxygen atoms in total. The highest BCUT2D eigenvalue weighted by atomic mass is 19.1. The average molecular weight is 413 g/mol. The van der Waals surface area contributed by atoms with Crippen LogP contribution in [0.1, 0.15) is 25.1 Å². The second-order valence-corrected chi connectivity index (χ2v) is 8.45. The third-order valence-corrected chi connectivity index (χ3v) is 6.51. The molecule has 2 bridgehead atoms. The van der Waals surface area contributed by atoms with Crippen LogP contribution < -0.4 is 5.56 Å². The van der Waals surface area contributed by atoms with Crippen molar-refractivity contribution in [1.29, 1.82) is 0 Å². The molecule has 30 heavy (non-hydrogen) atoms. The first-order chi connectivity index (χ1) is 14.4. The second-order valence-electron chi connectivity index (χ2n) is 8.45. The van der Waals surface area contributed by atoms with Gasteiger partial charge in [-0.15, -0.1) is 0 Å². The molecule has 3 heterocycles. The summed E-state index contributed by atoms with van der Waals surface area (Å²) in [6.45, 7) is 3.19. The number of amides is 1. The first-order valence-corrected chi connectivity index (χ1v) is 10.5. The number of carbonyl (C=O) groups excluding carboxylic acids is 1. The van der Waals surface area contributed by atoms with Crippen LogP contribution in [0.15, 0.2) is 41.2 Å². The molecule has 7 heteroatoms. The van der Waals surface area contributed by atoms with Gasteiger partial charge in [-0.25, -0.2) is 4.39 Å². The van der Waals surface area contributed by atoms with Gasteiger partial charge in [0.15, 0.2) is 0 Å². The molecule has 0 radical (unpaired) electrons. The summed E-state index contributed by atoms with van der Waals surface area (Å²) in [5.41, 5.74) is 1.59. The summed E-state index contributed by atoms with van der Waals surface area (Å²) in [4.78, 5) is 30.3. The SMILES string of the molecule is CCCN1[C@@H]2c3ccc(-c4cccc(F)c4)c(=O)n3C[C@H]1[C@H](CO)[C@H]2C(=O)N(C)C. The van der Waals surface area contributed by atoms with E-state index in [-0.39, 0.29) is 41.9 Å². The number of pyridine rings is 1. The van der Waals surface area contributed by atoms with Crippen molar-refractivity contribution in [2.45, 2.75) is 32.0 Å². The molecule has 4 rings (SSSR count). The van der Waals surface area contributed by atoms with E-state index < -0.39 is 5.92 Å². The Bertz CT molecular complexity index is 1020. The van der Waals surface area contributed by atoms with E-state index in [0.29, 0.717) is 17.7 Å². The summed E-state index contributed by atoms with van der Waals surface area (Å²) in [6.07, 6.45) is 0.916. The van der Waals surface area contributed by atoms with Gasteiger partial charge in [-0.2, -0.15) is 0 Å². The quantitative estimate of drug-likeness (QED) is 0.816. The molecule has 1 saturated heterocycles. The molecule has 0 saturated carbocycles. The largest absolute Gasteiger partial charge is 0.396 e. The number of benzene rings is 1. The van der Waals surface area contributed by atoms with Gasteiger partial charge < -0.3 is 14.6 Å². The first-order valence-electron chi connectivity index (χ1n) is 10.5. The van der Waals surface area contributed by atoms with Gasteiger partial charge in [0.2, 0.25) is 5.91 Å². The highest BCUT2D eigenvalue weighted by molar-refractivity contribution is 5.80. The summed E-state index contributed by atoms with van der Waals surface area (Å²) >= 11 is 0. The Morgan fingerprint density at radius 3 is 2.67 bits per heavy atom. The predicted molar refractivity (Wildman–Crippen MR) is 112 cm³/mol. The molecule has 2 aliphatic rings. The number of aromatic nitrogens is 1. The number of carbonyl (C=O) groups is 1. The molecule has 0 aliphatic carbocycles. The van der Waals surface area contributed by atoms with E-state index in [4.69, 9.17) is 0 Å². The van der Waals surface area contributed by atoms with E-state index in [1.807, 2.05) is 6.07 Å². The maximum atomic E-state index is 13.7. The van der Waals surface area contributed by atoms with Gasteiger partial charge in [0.25, 0.3) is 5.56 Å². The third kappa shape index (κ3) is 3.17. The maximum absolute atomic E-state index is 13.7. The minimum atomic E-state index is -0.408. The number of hydrogen-bond donors (Lipinski definition) is 1. The lowest BCUT2D eigenvalue weighted by Gasteiger charge is -2.38. The zero-order valence-corrected chi connectivity index (χ0v) is 17.6. The highest BCUT2D eigenvalue weighted by Gasteiger charge is 2.55. The van der Waals surface area contributed by atoms with Gasteiger partial charge in [0.1, 0.15) is 5.82 Å². The van der Waals surface area contributed by atoms with Crippen molar-refractivity contribution < 1.29 is 14.3 Å². The molecule has 1 N–H and O–H groups in total. The van der Waals surface area contributed by atoms with E-state index >= 15 is 0 Å². The number of halogens is 1. The van der Waals surface area contributed by atoms with Crippen LogP contribution in [0, 0.1) is 17.7 Å². The first kappa shape index (κ1) is 20.8. The highest BCUT2D eigenvalue weighted by Crippen LogP contribution is 2.48. The van der Waals surface area contributed by atoms with Crippen molar-refractivity contribution >= 4 is 5.91 Å². The lowest BCUT2D eigenvalue weighted by Crippen LogP contribution is -2.46. The lowest BCUT2D eigenvalue weighted by molar-refractivity contribution is -0.135. The number of nitrogens with zero attached hydrogens (tertiary/aromatic N) is 3. The fourth-order valence-electron chi connectivity index (χ4n) is 5.24. The fraction of sp³-hybridized carbons (Fsp3) is 0.478. The Hall–Kier alpha value is -2.51. The zero-order chi connectivity index (χ0) is 21.6. The van der Waals surface area contributed by atoms with Crippen LogP contribution in [-0.4, -0.2) is 58.7 Å². The Labute approximate surface area is 175 Å². The van der Waals surface area contributed by atoms with Crippen molar-refractivity contribution in [3.63, 3.8) is 0 Å². The van der Waals surface area contributed by atoms with E-state index in [9.17, 15) is 19.1 Å².